The van der Waals surface area contributed by atoms with Gasteiger partial charge in [0.15, 0.2) is 4.34 Å². The van der Waals surface area contributed by atoms with Crippen LogP contribution in [-0.4, -0.2) is 9.36 Å². The van der Waals surface area contributed by atoms with Gasteiger partial charge in [-0.15, -0.1) is 0 Å². The van der Waals surface area contributed by atoms with Gasteiger partial charge in [0.2, 0.25) is 0 Å². The summed E-state index contributed by atoms with van der Waals surface area (Å²) in [6.07, 6.45) is 0.824. The Morgan fingerprint density at radius 1 is 1.53 bits per heavy atom. The molecule has 2 rings (SSSR count). The smallest absolute Gasteiger partial charge is 0.174 e. The van der Waals surface area contributed by atoms with Crippen LogP contribution < -0.4 is 5.73 Å². The van der Waals surface area contributed by atoms with E-state index in [0.29, 0.717) is 11.3 Å². The maximum absolute atomic E-state index is 8.84. The Bertz CT molecular complexity index is 571. The summed E-state index contributed by atoms with van der Waals surface area (Å²) in [5.41, 5.74) is 7.11. The van der Waals surface area contributed by atoms with Crippen LogP contribution in [-0.2, 0) is 6.42 Å². The molecular weight excluding hydrogens is 252 g/mol. The molecule has 0 saturated carbocycles. The average molecular weight is 262 g/mol. The van der Waals surface area contributed by atoms with Crippen molar-refractivity contribution < 1.29 is 0 Å². The first-order valence-electron chi connectivity index (χ1n) is 5.03. The molecule has 0 aliphatic carbocycles. The molecule has 0 saturated heterocycles. The van der Waals surface area contributed by atoms with E-state index < -0.39 is 0 Å². The van der Waals surface area contributed by atoms with Crippen molar-refractivity contribution in [2.75, 3.05) is 5.73 Å². The van der Waals surface area contributed by atoms with Gasteiger partial charge < -0.3 is 5.73 Å². The molecule has 0 atom stereocenters. The summed E-state index contributed by atoms with van der Waals surface area (Å²) >= 11 is 2.80. The molecular formula is C11H10N4S2. The van der Waals surface area contributed by atoms with Gasteiger partial charge in [0, 0.05) is 17.0 Å². The van der Waals surface area contributed by atoms with Crippen LogP contribution in [0, 0.1) is 11.3 Å². The Kier molecular flexibility index (Phi) is 3.61. The van der Waals surface area contributed by atoms with Crippen molar-refractivity contribution in [1.29, 1.82) is 5.26 Å². The molecule has 0 unspecified atom stereocenters. The van der Waals surface area contributed by atoms with Crippen molar-refractivity contribution in [2.24, 2.45) is 0 Å². The molecule has 0 bridgehead atoms. The van der Waals surface area contributed by atoms with Crippen LogP contribution in [0.3, 0.4) is 0 Å². The average Bonchev–Trinajstić information content (AvgIpc) is 2.80. The second kappa shape index (κ2) is 5.17. The second-order valence-electron chi connectivity index (χ2n) is 3.30. The highest BCUT2D eigenvalue weighted by atomic mass is 32.2. The van der Waals surface area contributed by atoms with Gasteiger partial charge in [-0.3, -0.25) is 0 Å². The Morgan fingerprint density at radius 3 is 3.00 bits per heavy atom. The van der Waals surface area contributed by atoms with E-state index in [4.69, 9.17) is 11.0 Å². The standard InChI is InChI=1S/C11H10N4S2/c1-2-10-14-11(17-15-10)16-9-5-7(6-12)3-4-8(9)13/h3-5H,2,13H2,1H3. The van der Waals surface area contributed by atoms with Gasteiger partial charge in [-0.05, 0) is 29.7 Å². The Labute approximate surface area is 108 Å². The summed E-state index contributed by atoms with van der Waals surface area (Å²) in [5.74, 6) is 0.840. The van der Waals surface area contributed by atoms with Gasteiger partial charge in [-0.1, -0.05) is 18.7 Å². The van der Waals surface area contributed by atoms with Gasteiger partial charge in [0.05, 0.1) is 11.6 Å². The summed E-state index contributed by atoms with van der Waals surface area (Å²) < 4.78 is 5.06. The molecule has 1 aromatic carbocycles. The summed E-state index contributed by atoms with van der Waals surface area (Å²) in [4.78, 5) is 5.20. The van der Waals surface area contributed by atoms with Crippen LogP contribution in [0.5, 0.6) is 0 Å². The lowest BCUT2D eigenvalue weighted by Gasteiger charge is -2.02. The number of nitrogens with zero attached hydrogens (tertiary/aromatic N) is 3. The molecule has 86 valence electrons. The first-order valence-corrected chi connectivity index (χ1v) is 6.62. The minimum Gasteiger partial charge on any atom is -0.398 e. The largest absolute Gasteiger partial charge is 0.398 e. The quantitative estimate of drug-likeness (QED) is 0.861. The number of rotatable bonds is 3. The van der Waals surface area contributed by atoms with Crippen LogP contribution in [0.25, 0.3) is 0 Å². The minimum absolute atomic E-state index is 0.599. The molecule has 2 aromatic rings. The van der Waals surface area contributed by atoms with Crippen LogP contribution in [0.4, 0.5) is 5.69 Å². The van der Waals surface area contributed by atoms with Gasteiger partial charge in [-0.2, -0.15) is 9.64 Å². The molecule has 1 heterocycles. The van der Waals surface area contributed by atoms with Crippen molar-refractivity contribution in [2.45, 2.75) is 22.6 Å². The number of nitriles is 1. The zero-order valence-electron chi connectivity index (χ0n) is 9.17. The van der Waals surface area contributed by atoms with Crippen LogP contribution in [0.1, 0.15) is 18.3 Å². The highest BCUT2D eigenvalue weighted by molar-refractivity contribution is 8.01. The lowest BCUT2D eigenvalue weighted by atomic mass is 10.2. The third-order valence-electron chi connectivity index (χ3n) is 2.11. The SMILES string of the molecule is CCc1nsc(Sc2cc(C#N)ccc2N)n1. The predicted octanol–water partition coefficient (Wildman–Crippen LogP) is 2.71. The lowest BCUT2D eigenvalue weighted by molar-refractivity contribution is 0.971. The fraction of sp³-hybridized carbons (Fsp3) is 0.182. The molecule has 1 aromatic heterocycles. The minimum atomic E-state index is 0.599. The summed E-state index contributed by atoms with van der Waals surface area (Å²) in [6, 6.07) is 7.31. The van der Waals surface area contributed by atoms with E-state index in [9.17, 15) is 0 Å². The number of nitrogen functional groups attached to an aromatic ring is 1. The second-order valence-corrected chi connectivity index (χ2v) is 5.34. The Hall–Kier alpha value is -1.58. The zero-order valence-corrected chi connectivity index (χ0v) is 10.8. The first-order chi connectivity index (χ1) is 8.22. The Balaban J connectivity index is 2.26. The van der Waals surface area contributed by atoms with E-state index in [0.717, 1.165) is 21.5 Å². The van der Waals surface area contributed by atoms with E-state index in [1.54, 1.807) is 18.2 Å². The first kappa shape index (κ1) is 11.9. The highest BCUT2D eigenvalue weighted by Gasteiger charge is 2.08. The van der Waals surface area contributed by atoms with Gasteiger partial charge >= 0.3 is 0 Å². The fourth-order valence-electron chi connectivity index (χ4n) is 1.21. The maximum Gasteiger partial charge on any atom is 0.174 e. The van der Waals surface area contributed by atoms with E-state index in [2.05, 4.69) is 15.4 Å². The number of hydrogen-bond acceptors (Lipinski definition) is 6. The van der Waals surface area contributed by atoms with Crippen LogP contribution >= 0.6 is 23.3 Å². The normalized spacial score (nSPS) is 10.1. The van der Waals surface area contributed by atoms with Crippen LogP contribution in [0.2, 0.25) is 0 Å². The van der Waals surface area contributed by atoms with Crippen molar-refractivity contribution in [3.8, 4) is 6.07 Å². The van der Waals surface area contributed by atoms with E-state index in [1.807, 2.05) is 6.92 Å². The molecule has 17 heavy (non-hydrogen) atoms. The number of hydrogen-bond donors (Lipinski definition) is 1. The van der Waals surface area contributed by atoms with Crippen molar-refractivity contribution in [1.82, 2.24) is 9.36 Å². The molecule has 0 aliphatic rings. The number of benzene rings is 1. The fourth-order valence-corrected chi connectivity index (χ4v) is 2.95. The third-order valence-corrected chi connectivity index (χ3v) is 3.97. The summed E-state index contributed by atoms with van der Waals surface area (Å²) in [6.45, 7) is 2.02. The topological polar surface area (TPSA) is 75.6 Å². The van der Waals surface area contributed by atoms with Crippen molar-refractivity contribution >= 4 is 29.0 Å². The van der Waals surface area contributed by atoms with Crippen molar-refractivity contribution in [3.05, 3.63) is 29.6 Å². The molecule has 6 heteroatoms. The number of aromatic nitrogens is 2. The third kappa shape index (κ3) is 2.75. The van der Waals surface area contributed by atoms with E-state index >= 15 is 0 Å². The molecule has 0 amide bonds. The summed E-state index contributed by atoms with van der Waals surface area (Å²) in [5, 5.41) is 8.84. The van der Waals surface area contributed by atoms with Crippen molar-refractivity contribution in [3.63, 3.8) is 0 Å². The summed E-state index contributed by atoms with van der Waals surface area (Å²) in [7, 11) is 0. The highest BCUT2D eigenvalue weighted by Crippen LogP contribution is 2.33. The molecule has 0 spiro atoms. The number of anilines is 1. The molecule has 0 aliphatic heterocycles. The number of nitrogens with two attached hydrogens (primary N) is 1. The van der Waals surface area contributed by atoms with Gasteiger partial charge in [0.1, 0.15) is 5.82 Å². The van der Waals surface area contributed by atoms with Gasteiger partial charge in [0.25, 0.3) is 0 Å². The van der Waals surface area contributed by atoms with E-state index in [1.165, 1.54) is 23.3 Å². The molecule has 4 nitrogen and oxygen atoms in total. The lowest BCUT2D eigenvalue weighted by Crippen LogP contribution is -1.89. The Morgan fingerprint density at radius 2 is 2.35 bits per heavy atom. The zero-order chi connectivity index (χ0) is 12.3. The molecule has 0 fully saturated rings. The monoisotopic (exact) mass is 262 g/mol. The number of aryl methyl sites for hydroxylation is 1. The molecule has 0 radical (unpaired) electrons. The molecule has 2 N–H and O–H groups in total. The maximum atomic E-state index is 8.84. The predicted molar refractivity (Wildman–Crippen MR) is 69.0 cm³/mol. The van der Waals surface area contributed by atoms with Crippen LogP contribution in [0.15, 0.2) is 27.4 Å². The van der Waals surface area contributed by atoms with Gasteiger partial charge in [-0.25, -0.2) is 4.98 Å². The van der Waals surface area contributed by atoms with E-state index in [-0.39, 0.29) is 0 Å².